The van der Waals surface area contributed by atoms with Crippen molar-refractivity contribution >= 4 is 0 Å². The Morgan fingerprint density at radius 3 is 2.80 bits per heavy atom. The molecular weight excluding hydrogens is 256 g/mol. The van der Waals surface area contributed by atoms with Gasteiger partial charge in [-0.25, -0.2) is 4.68 Å². The molecular formula is C13H24N6O. The maximum absolute atomic E-state index is 9.51. The predicted octanol–water partition coefficient (Wildman–Crippen LogP) is -0.105. The summed E-state index contributed by atoms with van der Waals surface area (Å²) in [4.78, 5) is 4.76. The smallest absolute Gasteiger partial charge is 0.165 e. The third kappa shape index (κ3) is 3.16. The van der Waals surface area contributed by atoms with Gasteiger partial charge in [-0.1, -0.05) is 0 Å². The van der Waals surface area contributed by atoms with Crippen molar-refractivity contribution in [2.24, 2.45) is 0 Å². The van der Waals surface area contributed by atoms with Crippen molar-refractivity contribution in [1.82, 2.24) is 30.0 Å². The molecule has 0 bridgehead atoms. The molecule has 2 heterocycles. The molecule has 1 aliphatic heterocycles. The maximum Gasteiger partial charge on any atom is 0.165 e. The van der Waals surface area contributed by atoms with Gasteiger partial charge in [-0.05, 0) is 37.1 Å². The Morgan fingerprint density at radius 2 is 2.15 bits per heavy atom. The molecule has 1 saturated carbocycles. The van der Waals surface area contributed by atoms with Crippen LogP contribution in [0.3, 0.4) is 0 Å². The number of aliphatic hydroxyl groups is 1. The fraction of sp³-hybridized carbons (Fsp3) is 0.923. The van der Waals surface area contributed by atoms with Crippen molar-refractivity contribution in [1.29, 1.82) is 0 Å². The first kappa shape index (κ1) is 13.9. The molecule has 1 saturated heterocycles. The molecule has 20 heavy (non-hydrogen) atoms. The first-order valence-corrected chi connectivity index (χ1v) is 7.54. The second-order valence-electron chi connectivity index (χ2n) is 6.20. The fourth-order valence-corrected chi connectivity index (χ4v) is 2.94. The van der Waals surface area contributed by atoms with Crippen LogP contribution in [0.15, 0.2) is 0 Å². The van der Waals surface area contributed by atoms with Crippen molar-refractivity contribution in [3.05, 3.63) is 5.82 Å². The summed E-state index contributed by atoms with van der Waals surface area (Å²) in [5.74, 6) is 0.990. The lowest BCUT2D eigenvalue weighted by atomic mass is 10.1. The van der Waals surface area contributed by atoms with Gasteiger partial charge in [-0.3, -0.25) is 9.80 Å². The van der Waals surface area contributed by atoms with Crippen LogP contribution >= 0.6 is 0 Å². The molecule has 7 nitrogen and oxygen atoms in total. The van der Waals surface area contributed by atoms with Crippen LogP contribution in [-0.2, 0) is 6.54 Å². The zero-order valence-corrected chi connectivity index (χ0v) is 12.3. The lowest BCUT2D eigenvalue weighted by Gasteiger charge is -2.40. The average Bonchev–Trinajstić information content (AvgIpc) is 3.13. The summed E-state index contributed by atoms with van der Waals surface area (Å²) in [6.07, 6.45) is 2.15. The van der Waals surface area contributed by atoms with Crippen LogP contribution < -0.4 is 0 Å². The molecule has 112 valence electrons. The SMILES string of the molecule is C[C@H](O)CN1CCN(Cc2nnnn2C2CC2)C[C@@H]1C. The van der Waals surface area contributed by atoms with E-state index in [2.05, 4.69) is 32.2 Å². The van der Waals surface area contributed by atoms with Gasteiger partial charge in [0, 0.05) is 32.2 Å². The average molecular weight is 280 g/mol. The van der Waals surface area contributed by atoms with Gasteiger partial charge < -0.3 is 5.11 Å². The Bertz CT molecular complexity index is 444. The van der Waals surface area contributed by atoms with E-state index >= 15 is 0 Å². The number of rotatable bonds is 5. The van der Waals surface area contributed by atoms with E-state index in [1.807, 2.05) is 11.6 Å². The van der Waals surface area contributed by atoms with E-state index in [9.17, 15) is 5.11 Å². The van der Waals surface area contributed by atoms with Crippen LogP contribution in [0.5, 0.6) is 0 Å². The van der Waals surface area contributed by atoms with Crippen LogP contribution in [0.25, 0.3) is 0 Å². The highest BCUT2D eigenvalue weighted by Gasteiger charge is 2.30. The van der Waals surface area contributed by atoms with Gasteiger partial charge in [0.15, 0.2) is 5.82 Å². The van der Waals surface area contributed by atoms with E-state index in [0.717, 1.165) is 38.5 Å². The van der Waals surface area contributed by atoms with Crippen molar-refractivity contribution in [2.75, 3.05) is 26.2 Å². The quantitative estimate of drug-likeness (QED) is 0.812. The van der Waals surface area contributed by atoms with Crippen LogP contribution in [0.4, 0.5) is 0 Å². The molecule has 0 unspecified atom stereocenters. The van der Waals surface area contributed by atoms with Crippen molar-refractivity contribution in [3.63, 3.8) is 0 Å². The Balaban J connectivity index is 1.56. The second kappa shape index (κ2) is 5.75. The topological polar surface area (TPSA) is 70.3 Å². The van der Waals surface area contributed by atoms with Crippen LogP contribution in [0.2, 0.25) is 0 Å². The molecule has 1 N–H and O–H groups in total. The van der Waals surface area contributed by atoms with Gasteiger partial charge in [-0.15, -0.1) is 5.10 Å². The molecule has 0 radical (unpaired) electrons. The predicted molar refractivity (Wildman–Crippen MR) is 74.1 cm³/mol. The number of hydrogen-bond acceptors (Lipinski definition) is 6. The highest BCUT2D eigenvalue weighted by molar-refractivity contribution is 4.92. The largest absolute Gasteiger partial charge is 0.392 e. The molecule has 3 rings (SSSR count). The summed E-state index contributed by atoms with van der Waals surface area (Å²) in [6, 6.07) is 0.998. The number of aromatic nitrogens is 4. The number of piperazine rings is 1. The van der Waals surface area contributed by atoms with Gasteiger partial charge in [-0.2, -0.15) is 0 Å². The van der Waals surface area contributed by atoms with Crippen molar-refractivity contribution < 1.29 is 5.11 Å². The monoisotopic (exact) mass is 280 g/mol. The molecule has 1 aromatic heterocycles. The molecule has 2 atom stereocenters. The molecule has 0 spiro atoms. The first-order chi connectivity index (χ1) is 9.63. The third-order valence-electron chi connectivity index (χ3n) is 4.17. The lowest BCUT2D eigenvalue weighted by molar-refractivity contribution is 0.0408. The first-order valence-electron chi connectivity index (χ1n) is 7.54. The van der Waals surface area contributed by atoms with Crippen molar-refractivity contribution in [2.45, 2.75) is 51.4 Å². The lowest BCUT2D eigenvalue weighted by Crippen LogP contribution is -2.53. The van der Waals surface area contributed by atoms with Crippen LogP contribution in [0.1, 0.15) is 38.6 Å². The Kier molecular flexibility index (Phi) is 4.00. The maximum atomic E-state index is 9.51. The highest BCUT2D eigenvalue weighted by Crippen LogP contribution is 2.34. The van der Waals surface area contributed by atoms with Gasteiger partial charge >= 0.3 is 0 Å². The van der Waals surface area contributed by atoms with Gasteiger partial charge in [0.25, 0.3) is 0 Å². The minimum atomic E-state index is -0.258. The Labute approximate surface area is 119 Å². The molecule has 0 aromatic carbocycles. The number of tetrazole rings is 1. The fourth-order valence-electron chi connectivity index (χ4n) is 2.94. The summed E-state index contributed by atoms with van der Waals surface area (Å²) in [7, 11) is 0. The summed E-state index contributed by atoms with van der Waals surface area (Å²) >= 11 is 0. The summed E-state index contributed by atoms with van der Waals surface area (Å²) in [5.41, 5.74) is 0. The van der Waals surface area contributed by atoms with E-state index in [1.165, 1.54) is 12.8 Å². The minimum absolute atomic E-state index is 0.258. The standard InChI is InChI=1S/C13H24N6O/c1-10-7-17(5-6-18(10)8-11(2)20)9-13-14-15-16-19(13)12-3-4-12/h10-12,20H,3-9H2,1-2H3/t10-,11-/m0/s1. The molecule has 1 aromatic rings. The van der Waals surface area contributed by atoms with E-state index < -0.39 is 0 Å². The van der Waals surface area contributed by atoms with E-state index in [0.29, 0.717) is 12.1 Å². The Morgan fingerprint density at radius 1 is 1.35 bits per heavy atom. The minimum Gasteiger partial charge on any atom is -0.392 e. The number of β-amino-alcohol motifs (C(OH)–C–C–N with tert-alkyl or cyclic N) is 1. The molecule has 7 heteroatoms. The van der Waals surface area contributed by atoms with E-state index in [1.54, 1.807) is 0 Å². The van der Waals surface area contributed by atoms with Gasteiger partial charge in [0.1, 0.15) is 0 Å². The van der Waals surface area contributed by atoms with E-state index in [-0.39, 0.29) is 6.10 Å². The number of hydrogen-bond donors (Lipinski definition) is 1. The Hall–Kier alpha value is -1.05. The van der Waals surface area contributed by atoms with E-state index in [4.69, 9.17) is 0 Å². The van der Waals surface area contributed by atoms with Gasteiger partial charge in [0.05, 0.1) is 18.7 Å². The third-order valence-corrected chi connectivity index (χ3v) is 4.17. The molecule has 2 aliphatic rings. The number of nitrogens with zero attached hydrogens (tertiary/aromatic N) is 6. The zero-order chi connectivity index (χ0) is 14.1. The van der Waals surface area contributed by atoms with Crippen molar-refractivity contribution in [3.8, 4) is 0 Å². The molecule has 0 amide bonds. The normalized spacial score (nSPS) is 26.9. The summed E-state index contributed by atoms with van der Waals surface area (Å²) < 4.78 is 1.99. The second-order valence-corrected chi connectivity index (χ2v) is 6.20. The molecule has 1 aliphatic carbocycles. The summed E-state index contributed by atoms with van der Waals surface area (Å²) in [6.45, 7) is 8.67. The molecule has 2 fully saturated rings. The zero-order valence-electron chi connectivity index (χ0n) is 12.3. The number of aliphatic hydroxyl groups excluding tert-OH is 1. The summed E-state index contributed by atoms with van der Waals surface area (Å²) in [5, 5.41) is 21.6. The van der Waals surface area contributed by atoms with Crippen LogP contribution in [0, 0.1) is 0 Å². The van der Waals surface area contributed by atoms with Crippen LogP contribution in [-0.4, -0.2) is 73.4 Å². The highest BCUT2D eigenvalue weighted by atomic mass is 16.3. The van der Waals surface area contributed by atoms with Gasteiger partial charge in [0.2, 0.25) is 0 Å².